The van der Waals surface area contributed by atoms with Gasteiger partial charge in [-0.3, -0.25) is 4.79 Å². The van der Waals surface area contributed by atoms with Crippen molar-refractivity contribution in [1.82, 2.24) is 0 Å². The number of benzene rings is 1. The first-order chi connectivity index (χ1) is 9.73. The molecule has 0 aliphatic heterocycles. The molecule has 118 valence electrons. The molecular formula is C15H21NaO5S. The standard InChI is InChI=1S/C15H22O5S.Na/c1-11(2)7-4-3-5-9-13(16)12-8-6-10-14(17)15(12)21(18,19)20;/h6,8,10-11,17H,3-5,7,9H2,1-2H3,(H,18,19,20);/q;+1/p-1. The molecule has 5 nitrogen and oxygen atoms in total. The molecule has 1 rings (SSSR count). The van der Waals surface area contributed by atoms with E-state index >= 15 is 0 Å². The van der Waals surface area contributed by atoms with Crippen LogP contribution in [0.3, 0.4) is 0 Å². The number of ketones is 1. The molecule has 0 spiro atoms. The molecule has 0 heterocycles. The molecule has 0 aliphatic carbocycles. The number of aromatic hydroxyl groups is 1. The van der Waals surface area contributed by atoms with Crippen LogP contribution >= 0.6 is 0 Å². The number of phenolic OH excluding ortho intramolecular Hbond substituents is 1. The van der Waals surface area contributed by atoms with Gasteiger partial charge in [0.1, 0.15) is 20.8 Å². The van der Waals surface area contributed by atoms with E-state index in [9.17, 15) is 22.9 Å². The van der Waals surface area contributed by atoms with Crippen LogP contribution in [0.2, 0.25) is 0 Å². The maximum Gasteiger partial charge on any atom is 1.00 e. The average Bonchev–Trinajstić information content (AvgIpc) is 2.35. The van der Waals surface area contributed by atoms with E-state index in [1.807, 2.05) is 0 Å². The van der Waals surface area contributed by atoms with E-state index in [1.165, 1.54) is 12.1 Å². The molecule has 7 heteroatoms. The number of carbonyl (C=O) groups excluding carboxylic acids is 1. The van der Waals surface area contributed by atoms with E-state index in [4.69, 9.17) is 0 Å². The molecule has 0 amide bonds. The van der Waals surface area contributed by atoms with Crippen molar-refractivity contribution in [2.45, 2.75) is 50.8 Å². The van der Waals surface area contributed by atoms with Gasteiger partial charge in [-0.2, -0.15) is 0 Å². The summed E-state index contributed by atoms with van der Waals surface area (Å²) in [6.45, 7) is 4.26. The van der Waals surface area contributed by atoms with Gasteiger partial charge in [0.25, 0.3) is 0 Å². The van der Waals surface area contributed by atoms with Crippen molar-refractivity contribution < 1.29 is 52.4 Å². The van der Waals surface area contributed by atoms with Crippen molar-refractivity contribution in [3.63, 3.8) is 0 Å². The van der Waals surface area contributed by atoms with Crippen molar-refractivity contribution in [3.05, 3.63) is 23.8 Å². The summed E-state index contributed by atoms with van der Waals surface area (Å²) in [6, 6.07) is 3.71. The second kappa shape index (κ2) is 9.67. The van der Waals surface area contributed by atoms with Gasteiger partial charge in [0.2, 0.25) is 0 Å². The second-order valence-corrected chi connectivity index (χ2v) is 6.84. The largest absolute Gasteiger partial charge is 1.00 e. The van der Waals surface area contributed by atoms with Crippen LogP contribution in [0, 0.1) is 5.92 Å². The van der Waals surface area contributed by atoms with Gasteiger partial charge in [0, 0.05) is 12.0 Å². The number of phenols is 1. The molecule has 0 unspecified atom stereocenters. The number of carbonyl (C=O) groups is 1. The van der Waals surface area contributed by atoms with Gasteiger partial charge in [-0.1, -0.05) is 39.2 Å². The van der Waals surface area contributed by atoms with Crippen LogP contribution in [-0.4, -0.2) is 23.9 Å². The summed E-state index contributed by atoms with van der Waals surface area (Å²) < 4.78 is 33.5. The van der Waals surface area contributed by atoms with Crippen LogP contribution in [0.5, 0.6) is 5.75 Å². The van der Waals surface area contributed by atoms with E-state index in [0.29, 0.717) is 12.3 Å². The zero-order chi connectivity index (χ0) is 16.0. The Morgan fingerprint density at radius 2 is 1.86 bits per heavy atom. The third kappa shape index (κ3) is 6.79. The van der Waals surface area contributed by atoms with Gasteiger partial charge < -0.3 is 9.66 Å². The Kier molecular flexibility index (Phi) is 9.50. The Balaban J connectivity index is 0.00000441. The molecule has 1 aromatic rings. The predicted molar refractivity (Wildman–Crippen MR) is 78.3 cm³/mol. The second-order valence-electron chi connectivity index (χ2n) is 5.52. The van der Waals surface area contributed by atoms with E-state index in [0.717, 1.165) is 25.3 Å². The molecule has 1 aromatic carbocycles. The Morgan fingerprint density at radius 1 is 1.23 bits per heavy atom. The van der Waals surface area contributed by atoms with E-state index in [1.54, 1.807) is 0 Å². The third-order valence-electron chi connectivity index (χ3n) is 3.23. The Labute approximate surface area is 154 Å². The smallest absolute Gasteiger partial charge is 0.744 e. The van der Waals surface area contributed by atoms with Gasteiger partial charge in [0.15, 0.2) is 5.78 Å². The van der Waals surface area contributed by atoms with E-state index in [2.05, 4.69) is 13.8 Å². The molecule has 1 N–H and O–H groups in total. The molecule has 0 saturated heterocycles. The van der Waals surface area contributed by atoms with Gasteiger partial charge in [0.05, 0.1) is 0 Å². The molecule has 22 heavy (non-hydrogen) atoms. The SMILES string of the molecule is CC(C)CCCCCC(=O)c1cccc(O)c1S(=O)(=O)[O-].[Na+]. The Bertz CT molecular complexity index is 596. The van der Waals surface area contributed by atoms with Crippen LogP contribution in [-0.2, 0) is 10.1 Å². The van der Waals surface area contributed by atoms with Crippen LogP contribution in [0.15, 0.2) is 23.1 Å². The van der Waals surface area contributed by atoms with E-state index in [-0.39, 0.29) is 41.5 Å². The number of rotatable bonds is 8. The fourth-order valence-electron chi connectivity index (χ4n) is 2.16. The molecule has 0 atom stereocenters. The zero-order valence-electron chi connectivity index (χ0n) is 13.3. The summed E-state index contributed by atoms with van der Waals surface area (Å²) in [7, 11) is -4.88. The fourth-order valence-corrected chi connectivity index (χ4v) is 2.93. The summed E-state index contributed by atoms with van der Waals surface area (Å²) in [4.78, 5) is 11.2. The summed E-state index contributed by atoms with van der Waals surface area (Å²) in [5.74, 6) is -0.482. The van der Waals surface area contributed by atoms with Crippen molar-refractivity contribution in [1.29, 1.82) is 0 Å². The van der Waals surface area contributed by atoms with Crippen molar-refractivity contribution >= 4 is 15.9 Å². The number of hydrogen-bond acceptors (Lipinski definition) is 5. The molecule has 0 aliphatic rings. The van der Waals surface area contributed by atoms with Gasteiger partial charge in [-0.25, -0.2) is 8.42 Å². The fraction of sp³-hybridized carbons (Fsp3) is 0.533. The number of Topliss-reactive ketones (excluding diaryl/α,β-unsaturated/α-hetero) is 1. The van der Waals surface area contributed by atoms with Crippen molar-refractivity contribution in [3.8, 4) is 5.75 Å². The molecule has 0 radical (unpaired) electrons. The normalized spacial score (nSPS) is 11.3. The van der Waals surface area contributed by atoms with Crippen molar-refractivity contribution in [2.75, 3.05) is 0 Å². The monoisotopic (exact) mass is 336 g/mol. The molecular weight excluding hydrogens is 315 g/mol. The molecule has 0 bridgehead atoms. The van der Waals surface area contributed by atoms with E-state index < -0.39 is 26.5 Å². The number of unbranched alkanes of at least 4 members (excludes halogenated alkanes) is 2. The quantitative estimate of drug-likeness (QED) is 0.314. The van der Waals surface area contributed by atoms with Crippen LogP contribution in [0.1, 0.15) is 56.3 Å². The van der Waals surface area contributed by atoms with Crippen LogP contribution in [0.4, 0.5) is 0 Å². The zero-order valence-corrected chi connectivity index (χ0v) is 16.1. The summed E-state index contributed by atoms with van der Waals surface area (Å²) >= 11 is 0. The van der Waals surface area contributed by atoms with Crippen LogP contribution < -0.4 is 29.6 Å². The van der Waals surface area contributed by atoms with Crippen molar-refractivity contribution in [2.24, 2.45) is 5.92 Å². The first-order valence-electron chi connectivity index (χ1n) is 7.04. The maximum absolute atomic E-state index is 12.0. The molecule has 0 fully saturated rings. The molecule has 0 saturated carbocycles. The van der Waals surface area contributed by atoms with Crippen LogP contribution in [0.25, 0.3) is 0 Å². The summed E-state index contributed by atoms with van der Waals surface area (Å²) in [5.41, 5.74) is -0.214. The average molecular weight is 336 g/mol. The first kappa shape index (κ1) is 21.6. The minimum atomic E-state index is -4.88. The van der Waals surface area contributed by atoms with Gasteiger partial charge >= 0.3 is 29.6 Å². The topological polar surface area (TPSA) is 94.5 Å². The third-order valence-corrected chi connectivity index (χ3v) is 4.16. The summed E-state index contributed by atoms with van der Waals surface area (Å²) in [5, 5.41) is 9.52. The maximum atomic E-state index is 12.0. The molecule has 0 aromatic heterocycles. The van der Waals surface area contributed by atoms with Gasteiger partial charge in [-0.05, 0) is 24.5 Å². The van der Waals surface area contributed by atoms with Gasteiger partial charge in [-0.15, -0.1) is 0 Å². The summed E-state index contributed by atoms with van der Waals surface area (Å²) in [6.07, 6.45) is 3.78. The predicted octanol–water partition coefficient (Wildman–Crippen LogP) is 0.0895. The minimum absolute atomic E-state index is 0. The Morgan fingerprint density at radius 3 is 2.41 bits per heavy atom. The number of hydrogen-bond donors (Lipinski definition) is 1. The first-order valence-corrected chi connectivity index (χ1v) is 8.45. The minimum Gasteiger partial charge on any atom is -0.744 e. The Hall–Kier alpha value is -0.400.